The van der Waals surface area contributed by atoms with E-state index in [4.69, 9.17) is 4.74 Å². The van der Waals surface area contributed by atoms with Gasteiger partial charge in [-0.3, -0.25) is 9.36 Å². The number of hydrogen-bond donors (Lipinski definition) is 1. The summed E-state index contributed by atoms with van der Waals surface area (Å²) in [6.45, 7) is 1.16. The average Bonchev–Trinajstić information content (AvgIpc) is 3.08. The number of benzene rings is 2. The number of piperidine rings is 1. The summed E-state index contributed by atoms with van der Waals surface area (Å²) in [5, 5.41) is 9.19. The van der Waals surface area contributed by atoms with Crippen LogP contribution >= 0.6 is 0 Å². The number of likely N-dealkylation sites (tertiary alicyclic amines) is 1. The van der Waals surface area contributed by atoms with Gasteiger partial charge in [-0.15, -0.1) is 0 Å². The second-order valence-electron chi connectivity index (χ2n) is 7.31. The first-order valence-corrected chi connectivity index (χ1v) is 9.64. The number of aromatic amines is 1. The van der Waals surface area contributed by atoms with Crippen molar-refractivity contribution >= 4 is 16.9 Å². The summed E-state index contributed by atoms with van der Waals surface area (Å²) >= 11 is 0. The molecule has 148 valence electrons. The zero-order chi connectivity index (χ0) is 20.4. The molecule has 7 heteroatoms. The summed E-state index contributed by atoms with van der Waals surface area (Å²) < 4.78 is 6.93. The molecule has 0 spiro atoms. The number of hydrogen-bond acceptors (Lipinski definition) is 4. The lowest BCUT2D eigenvalue weighted by Gasteiger charge is -2.33. The highest BCUT2D eigenvalue weighted by Crippen LogP contribution is 2.25. The summed E-state index contributed by atoms with van der Waals surface area (Å²) in [5.74, 6) is 0.763. The molecular weight excluding hydrogens is 368 g/mol. The van der Waals surface area contributed by atoms with Gasteiger partial charge in [-0.2, -0.15) is 5.26 Å². The van der Waals surface area contributed by atoms with Gasteiger partial charge < -0.3 is 14.6 Å². The smallest absolute Gasteiger partial charge is 0.326 e. The summed E-state index contributed by atoms with van der Waals surface area (Å²) in [6, 6.07) is 14.7. The van der Waals surface area contributed by atoms with Gasteiger partial charge in [0.2, 0.25) is 5.91 Å². The zero-order valence-corrected chi connectivity index (χ0v) is 16.2. The monoisotopic (exact) mass is 390 g/mol. The minimum Gasteiger partial charge on any atom is -0.497 e. The number of aromatic nitrogens is 2. The average molecular weight is 390 g/mol. The number of carbonyl (C=O) groups excluding carboxylic acids is 1. The van der Waals surface area contributed by atoms with Crippen LogP contribution in [0.1, 0.15) is 30.0 Å². The number of methoxy groups -OCH3 is 1. The van der Waals surface area contributed by atoms with Gasteiger partial charge in [-0.1, -0.05) is 12.1 Å². The van der Waals surface area contributed by atoms with Crippen LogP contribution in [0, 0.1) is 11.3 Å². The first-order chi connectivity index (χ1) is 14.1. The predicted molar refractivity (Wildman–Crippen MR) is 109 cm³/mol. The Bertz CT molecular complexity index is 1150. The number of fused-ring (bicyclic) bond motifs is 1. The highest BCUT2D eigenvalue weighted by Gasteiger charge is 2.27. The number of carbonyl (C=O) groups is 1. The van der Waals surface area contributed by atoms with Crippen molar-refractivity contribution < 1.29 is 9.53 Å². The molecular formula is C22H22N4O3. The third-order valence-electron chi connectivity index (χ3n) is 5.45. The quantitative estimate of drug-likeness (QED) is 0.741. The van der Waals surface area contributed by atoms with Crippen molar-refractivity contribution in [3.05, 3.63) is 64.1 Å². The lowest BCUT2D eigenvalue weighted by molar-refractivity contribution is -0.132. The molecule has 1 amide bonds. The molecule has 0 saturated carbocycles. The summed E-state index contributed by atoms with van der Waals surface area (Å²) in [5.41, 5.74) is 2.61. The highest BCUT2D eigenvalue weighted by molar-refractivity contribution is 5.79. The number of rotatable bonds is 4. The number of imidazole rings is 1. The second kappa shape index (κ2) is 7.84. The minimum atomic E-state index is -0.206. The zero-order valence-electron chi connectivity index (χ0n) is 16.2. The SMILES string of the molecule is COc1cccc(CC(=O)N2CCC[C@H](n3c(=O)[nH]c4ccc(C#N)cc43)C2)c1. The van der Waals surface area contributed by atoms with E-state index < -0.39 is 0 Å². The van der Waals surface area contributed by atoms with Crippen LogP contribution in [0.3, 0.4) is 0 Å². The van der Waals surface area contributed by atoms with Crippen LogP contribution in [0.15, 0.2) is 47.3 Å². The molecule has 0 unspecified atom stereocenters. The van der Waals surface area contributed by atoms with E-state index in [0.717, 1.165) is 24.2 Å². The third kappa shape index (κ3) is 3.74. The lowest BCUT2D eigenvalue weighted by Crippen LogP contribution is -2.43. The third-order valence-corrected chi connectivity index (χ3v) is 5.45. The van der Waals surface area contributed by atoms with Gasteiger partial charge in [0.25, 0.3) is 0 Å². The van der Waals surface area contributed by atoms with Gasteiger partial charge in [-0.05, 0) is 48.7 Å². The van der Waals surface area contributed by atoms with Gasteiger partial charge in [0.05, 0.1) is 42.2 Å². The minimum absolute atomic E-state index is 0.0357. The van der Waals surface area contributed by atoms with Gasteiger partial charge in [0, 0.05) is 13.1 Å². The molecule has 1 fully saturated rings. The molecule has 1 N–H and O–H groups in total. The van der Waals surface area contributed by atoms with Crippen molar-refractivity contribution in [3.63, 3.8) is 0 Å². The second-order valence-corrected chi connectivity index (χ2v) is 7.31. The van der Waals surface area contributed by atoms with Gasteiger partial charge in [-0.25, -0.2) is 4.79 Å². The van der Waals surface area contributed by atoms with Crippen LogP contribution < -0.4 is 10.4 Å². The molecule has 1 aromatic heterocycles. The molecule has 3 aromatic rings. The van der Waals surface area contributed by atoms with Crippen molar-refractivity contribution in [2.75, 3.05) is 20.2 Å². The summed E-state index contributed by atoms with van der Waals surface area (Å²) in [6.07, 6.45) is 1.93. The van der Waals surface area contributed by atoms with Crippen molar-refractivity contribution in [1.29, 1.82) is 5.26 Å². The number of nitriles is 1. The molecule has 0 bridgehead atoms. The number of H-pyrrole nitrogens is 1. The predicted octanol–water partition coefficient (Wildman–Crippen LogP) is 2.62. The van der Waals surface area contributed by atoms with Crippen molar-refractivity contribution in [3.8, 4) is 11.8 Å². The normalized spacial score (nSPS) is 16.6. The molecule has 7 nitrogen and oxygen atoms in total. The molecule has 0 radical (unpaired) electrons. The van der Waals surface area contributed by atoms with Crippen LogP contribution in [0.4, 0.5) is 0 Å². The van der Waals surface area contributed by atoms with E-state index in [9.17, 15) is 14.9 Å². The first kappa shape index (κ1) is 18.8. The Hall–Kier alpha value is -3.53. The standard InChI is InChI=1S/C22H22N4O3/c1-29-18-6-2-4-15(10-18)12-21(27)25-9-3-5-17(14-25)26-20-11-16(13-23)7-8-19(20)24-22(26)28/h2,4,6-8,10-11,17H,3,5,9,12,14H2,1H3,(H,24,28)/t17-/m0/s1. The fourth-order valence-electron chi connectivity index (χ4n) is 4.01. The van der Waals surface area contributed by atoms with E-state index in [1.54, 1.807) is 29.9 Å². The van der Waals surface area contributed by atoms with Crippen LogP contribution in [0.2, 0.25) is 0 Å². The maximum absolute atomic E-state index is 12.9. The number of nitrogens with zero attached hydrogens (tertiary/aromatic N) is 3. The Kier molecular flexibility index (Phi) is 5.09. The summed E-state index contributed by atoms with van der Waals surface area (Å²) in [7, 11) is 1.60. The van der Waals surface area contributed by atoms with Crippen LogP contribution in [-0.2, 0) is 11.2 Å². The van der Waals surface area contributed by atoms with Crippen molar-refractivity contribution in [1.82, 2.24) is 14.5 Å². The first-order valence-electron chi connectivity index (χ1n) is 9.64. The fraction of sp³-hybridized carbons (Fsp3) is 0.318. The van der Waals surface area contributed by atoms with E-state index in [-0.39, 0.29) is 17.6 Å². The number of amides is 1. The highest BCUT2D eigenvalue weighted by atomic mass is 16.5. The number of nitrogens with one attached hydrogen (secondary N) is 1. The molecule has 0 aliphatic carbocycles. The van der Waals surface area contributed by atoms with Gasteiger partial charge >= 0.3 is 5.69 Å². The largest absolute Gasteiger partial charge is 0.497 e. The molecule has 29 heavy (non-hydrogen) atoms. The molecule has 4 rings (SSSR count). The van der Waals surface area contributed by atoms with Crippen LogP contribution in [0.5, 0.6) is 5.75 Å². The molecule has 1 aliphatic heterocycles. The van der Waals surface area contributed by atoms with E-state index >= 15 is 0 Å². The van der Waals surface area contributed by atoms with Crippen molar-refractivity contribution in [2.24, 2.45) is 0 Å². The fourth-order valence-corrected chi connectivity index (χ4v) is 4.01. The Morgan fingerprint density at radius 2 is 2.17 bits per heavy atom. The van der Waals surface area contributed by atoms with E-state index in [0.29, 0.717) is 36.1 Å². The topological polar surface area (TPSA) is 91.1 Å². The molecule has 1 atom stereocenters. The van der Waals surface area contributed by atoms with E-state index in [1.165, 1.54) is 0 Å². The van der Waals surface area contributed by atoms with Gasteiger partial charge in [0.1, 0.15) is 5.75 Å². The maximum Gasteiger partial charge on any atom is 0.326 e. The Morgan fingerprint density at radius 3 is 2.97 bits per heavy atom. The van der Waals surface area contributed by atoms with Crippen LogP contribution in [0.25, 0.3) is 11.0 Å². The van der Waals surface area contributed by atoms with Crippen molar-refractivity contribution in [2.45, 2.75) is 25.3 Å². The van der Waals surface area contributed by atoms with Gasteiger partial charge in [0.15, 0.2) is 0 Å². The Morgan fingerprint density at radius 1 is 1.31 bits per heavy atom. The van der Waals surface area contributed by atoms with E-state index in [1.807, 2.05) is 29.2 Å². The molecule has 1 saturated heterocycles. The molecule has 2 heterocycles. The maximum atomic E-state index is 12.9. The van der Waals surface area contributed by atoms with Crippen LogP contribution in [-0.4, -0.2) is 40.6 Å². The molecule has 2 aromatic carbocycles. The summed E-state index contributed by atoms with van der Waals surface area (Å²) in [4.78, 5) is 30.1. The Balaban J connectivity index is 1.56. The Labute approximate surface area is 168 Å². The lowest BCUT2D eigenvalue weighted by atomic mass is 10.0. The molecule has 1 aliphatic rings. The number of ether oxygens (including phenoxy) is 1. The van der Waals surface area contributed by atoms with E-state index in [2.05, 4.69) is 11.1 Å².